The number of benzene rings is 2. The molecule has 1 saturated heterocycles. The zero-order valence-corrected chi connectivity index (χ0v) is 19.8. The van der Waals surface area contributed by atoms with Gasteiger partial charge in [-0.1, -0.05) is 44.2 Å². The summed E-state index contributed by atoms with van der Waals surface area (Å²) in [6.45, 7) is 8.00. The van der Waals surface area contributed by atoms with Gasteiger partial charge in [-0.2, -0.15) is 0 Å². The Hall–Kier alpha value is -3.54. The van der Waals surface area contributed by atoms with Crippen molar-refractivity contribution in [2.75, 3.05) is 18.0 Å². The van der Waals surface area contributed by atoms with Crippen LogP contribution < -0.4 is 4.90 Å². The molecule has 2 aromatic heterocycles. The highest BCUT2D eigenvalue weighted by Crippen LogP contribution is 2.40. The van der Waals surface area contributed by atoms with Gasteiger partial charge in [-0.15, -0.1) is 10.2 Å². The molecule has 4 aromatic rings. The minimum absolute atomic E-state index is 0.105. The van der Waals surface area contributed by atoms with Crippen LogP contribution in [0.3, 0.4) is 0 Å². The Kier molecular flexibility index (Phi) is 5.90. The van der Waals surface area contributed by atoms with Gasteiger partial charge >= 0.3 is 0 Å². The lowest BCUT2D eigenvalue weighted by Crippen LogP contribution is -2.30. The molecule has 6 heteroatoms. The molecule has 174 valence electrons. The number of fused-ring (bicyclic) bond motifs is 1. The molecule has 1 N–H and O–H groups in total. The highest BCUT2D eigenvalue weighted by molar-refractivity contribution is 6.01. The molecular formula is C28H29FN4O. The molecule has 1 aliphatic heterocycles. The van der Waals surface area contributed by atoms with Crippen LogP contribution in [0, 0.1) is 12.7 Å². The first-order valence-electron chi connectivity index (χ1n) is 12.0. The molecule has 0 atom stereocenters. The van der Waals surface area contributed by atoms with Gasteiger partial charge in [-0.25, -0.2) is 9.37 Å². The Balaban J connectivity index is 1.83. The van der Waals surface area contributed by atoms with E-state index in [-0.39, 0.29) is 11.3 Å². The third kappa shape index (κ3) is 3.87. The second kappa shape index (κ2) is 9.01. The SMILES string of the molecule is Cc1nc2c(N3CCCCC3)nnc(-c3ccccc3C(C)C)c2cc1-c1c(O)cccc1F. The van der Waals surface area contributed by atoms with E-state index in [1.807, 2.05) is 25.1 Å². The number of hydrogen-bond donors (Lipinski definition) is 1. The molecule has 2 aromatic carbocycles. The topological polar surface area (TPSA) is 62.1 Å². The van der Waals surface area contributed by atoms with Gasteiger partial charge in [0.25, 0.3) is 0 Å². The van der Waals surface area contributed by atoms with Crippen LogP contribution in [0.2, 0.25) is 0 Å². The van der Waals surface area contributed by atoms with Crippen molar-refractivity contribution in [2.24, 2.45) is 0 Å². The lowest BCUT2D eigenvalue weighted by atomic mass is 9.92. The van der Waals surface area contributed by atoms with Crippen molar-refractivity contribution in [3.05, 3.63) is 65.6 Å². The van der Waals surface area contributed by atoms with Gasteiger partial charge in [0.2, 0.25) is 0 Å². The number of piperidine rings is 1. The molecule has 5 nitrogen and oxygen atoms in total. The maximum Gasteiger partial charge on any atom is 0.177 e. The van der Waals surface area contributed by atoms with Crippen LogP contribution in [-0.2, 0) is 0 Å². The van der Waals surface area contributed by atoms with E-state index in [2.05, 4.69) is 36.0 Å². The second-order valence-electron chi connectivity index (χ2n) is 9.31. The third-order valence-electron chi connectivity index (χ3n) is 6.68. The number of aromatic hydroxyl groups is 1. The van der Waals surface area contributed by atoms with Crippen molar-refractivity contribution in [1.29, 1.82) is 0 Å². The Morgan fingerprint density at radius 3 is 2.44 bits per heavy atom. The number of hydrogen-bond acceptors (Lipinski definition) is 5. The quantitative estimate of drug-likeness (QED) is 0.374. The van der Waals surface area contributed by atoms with Crippen molar-refractivity contribution in [3.63, 3.8) is 0 Å². The summed E-state index contributed by atoms with van der Waals surface area (Å²) in [7, 11) is 0. The normalized spacial score (nSPS) is 14.2. The summed E-state index contributed by atoms with van der Waals surface area (Å²) >= 11 is 0. The van der Waals surface area contributed by atoms with E-state index < -0.39 is 5.82 Å². The van der Waals surface area contributed by atoms with Gasteiger partial charge < -0.3 is 10.0 Å². The molecule has 0 saturated carbocycles. The average Bonchev–Trinajstić information content (AvgIpc) is 2.84. The van der Waals surface area contributed by atoms with Crippen LogP contribution in [0.4, 0.5) is 10.2 Å². The number of halogens is 1. The Labute approximate surface area is 199 Å². The summed E-state index contributed by atoms with van der Waals surface area (Å²) in [6, 6.07) is 14.5. The molecule has 1 fully saturated rings. The van der Waals surface area contributed by atoms with Gasteiger partial charge in [0.15, 0.2) is 5.82 Å². The van der Waals surface area contributed by atoms with Gasteiger partial charge in [-0.3, -0.25) is 0 Å². The third-order valence-corrected chi connectivity index (χ3v) is 6.68. The lowest BCUT2D eigenvalue weighted by Gasteiger charge is -2.28. The van der Waals surface area contributed by atoms with Gasteiger partial charge in [0, 0.05) is 35.3 Å². The predicted octanol–water partition coefficient (Wildman–Crippen LogP) is 6.63. The number of nitrogens with zero attached hydrogens (tertiary/aromatic N) is 4. The predicted molar refractivity (Wildman–Crippen MR) is 135 cm³/mol. The van der Waals surface area contributed by atoms with Crippen LogP contribution in [-0.4, -0.2) is 33.4 Å². The standard InChI is InChI=1S/C28H29FN4O/c1-17(2)19-10-5-6-11-20(19)26-22-16-21(25-23(29)12-9-13-24(25)34)18(3)30-27(22)28(32-31-26)33-14-7-4-8-15-33/h5-6,9-13,16-17,34H,4,7-8,14-15H2,1-3H3. The largest absolute Gasteiger partial charge is 0.507 e. The fourth-order valence-electron chi connectivity index (χ4n) is 4.92. The van der Waals surface area contributed by atoms with Crippen LogP contribution in [0.1, 0.15) is 50.3 Å². The van der Waals surface area contributed by atoms with E-state index in [0.717, 1.165) is 53.9 Å². The summed E-state index contributed by atoms with van der Waals surface area (Å²) in [6.07, 6.45) is 3.44. The molecular weight excluding hydrogens is 427 g/mol. The second-order valence-corrected chi connectivity index (χ2v) is 9.31. The zero-order chi connectivity index (χ0) is 23.8. The highest BCUT2D eigenvalue weighted by Gasteiger charge is 2.23. The van der Waals surface area contributed by atoms with Crippen molar-refractivity contribution in [3.8, 4) is 28.1 Å². The van der Waals surface area contributed by atoms with E-state index in [1.165, 1.54) is 30.2 Å². The number of phenolic OH excluding ortho intramolecular Hbond substituents is 1. The fourth-order valence-corrected chi connectivity index (χ4v) is 4.92. The lowest BCUT2D eigenvalue weighted by molar-refractivity contribution is 0.472. The maximum atomic E-state index is 14.9. The number of rotatable bonds is 4. The first-order chi connectivity index (χ1) is 16.5. The summed E-state index contributed by atoms with van der Waals surface area (Å²) in [5.41, 5.74) is 5.02. The maximum absolute atomic E-state index is 14.9. The minimum Gasteiger partial charge on any atom is -0.507 e. The van der Waals surface area contributed by atoms with Crippen molar-refractivity contribution in [2.45, 2.75) is 46.0 Å². The van der Waals surface area contributed by atoms with E-state index in [9.17, 15) is 9.50 Å². The first-order valence-corrected chi connectivity index (χ1v) is 12.0. The monoisotopic (exact) mass is 456 g/mol. The van der Waals surface area contributed by atoms with E-state index in [1.54, 1.807) is 0 Å². The molecule has 0 bridgehead atoms. The molecule has 34 heavy (non-hydrogen) atoms. The number of aryl methyl sites for hydroxylation is 1. The molecule has 0 spiro atoms. The molecule has 0 amide bonds. The Bertz CT molecular complexity index is 1340. The fraction of sp³-hybridized carbons (Fsp3) is 0.321. The minimum atomic E-state index is -0.480. The smallest absolute Gasteiger partial charge is 0.177 e. The van der Waals surface area contributed by atoms with E-state index in [0.29, 0.717) is 17.2 Å². The zero-order valence-electron chi connectivity index (χ0n) is 19.8. The number of pyridine rings is 1. The van der Waals surface area contributed by atoms with Crippen LogP contribution in [0.25, 0.3) is 33.3 Å². The molecule has 0 radical (unpaired) electrons. The van der Waals surface area contributed by atoms with Crippen molar-refractivity contribution in [1.82, 2.24) is 15.2 Å². The van der Waals surface area contributed by atoms with Gasteiger partial charge in [-0.05, 0) is 55.9 Å². The molecule has 0 aliphatic carbocycles. The van der Waals surface area contributed by atoms with Crippen LogP contribution >= 0.6 is 0 Å². The van der Waals surface area contributed by atoms with Crippen LogP contribution in [0.5, 0.6) is 5.75 Å². The number of phenols is 1. The molecule has 0 unspecified atom stereocenters. The molecule has 5 rings (SSSR count). The van der Waals surface area contributed by atoms with E-state index in [4.69, 9.17) is 10.1 Å². The summed E-state index contributed by atoms with van der Waals surface area (Å²) in [5, 5.41) is 20.7. The summed E-state index contributed by atoms with van der Waals surface area (Å²) in [5.74, 6) is 0.481. The van der Waals surface area contributed by atoms with Crippen molar-refractivity contribution < 1.29 is 9.50 Å². The number of anilines is 1. The van der Waals surface area contributed by atoms with Crippen molar-refractivity contribution >= 4 is 16.7 Å². The highest BCUT2D eigenvalue weighted by atomic mass is 19.1. The number of aromatic nitrogens is 3. The Morgan fingerprint density at radius 2 is 1.71 bits per heavy atom. The first kappa shape index (κ1) is 22.3. The molecule has 3 heterocycles. The average molecular weight is 457 g/mol. The van der Waals surface area contributed by atoms with Gasteiger partial charge in [0.1, 0.15) is 22.8 Å². The summed E-state index contributed by atoms with van der Waals surface area (Å²) in [4.78, 5) is 7.20. The summed E-state index contributed by atoms with van der Waals surface area (Å²) < 4.78 is 14.9. The van der Waals surface area contributed by atoms with E-state index >= 15 is 0 Å². The molecule has 1 aliphatic rings. The van der Waals surface area contributed by atoms with Crippen LogP contribution in [0.15, 0.2) is 48.5 Å². The van der Waals surface area contributed by atoms with Gasteiger partial charge in [0.05, 0.1) is 5.56 Å². The Morgan fingerprint density at radius 1 is 0.941 bits per heavy atom.